The number of methoxy groups -OCH3 is 3. The Balaban J connectivity index is 1.67. The summed E-state index contributed by atoms with van der Waals surface area (Å²) in [5.74, 6) is 1.23. The molecule has 0 unspecified atom stereocenters. The summed E-state index contributed by atoms with van der Waals surface area (Å²) >= 11 is 0. The van der Waals surface area contributed by atoms with Gasteiger partial charge in [0.25, 0.3) is 0 Å². The number of rotatable bonds is 11. The van der Waals surface area contributed by atoms with Crippen LogP contribution in [0.5, 0.6) is 17.2 Å². The Bertz CT molecular complexity index is 1110. The van der Waals surface area contributed by atoms with E-state index >= 15 is 0 Å². The molecule has 0 bridgehead atoms. The van der Waals surface area contributed by atoms with E-state index in [0.717, 1.165) is 24.2 Å². The van der Waals surface area contributed by atoms with Crippen molar-refractivity contribution in [3.05, 3.63) is 35.9 Å². The molecular weight excluding hydrogens is 458 g/mol. The lowest BCUT2D eigenvalue weighted by molar-refractivity contribution is -0.116. The quantitative estimate of drug-likeness (QED) is 0.516. The van der Waals surface area contributed by atoms with E-state index in [9.17, 15) is 13.2 Å². The van der Waals surface area contributed by atoms with E-state index in [4.69, 9.17) is 14.2 Å². The summed E-state index contributed by atoms with van der Waals surface area (Å²) in [5, 5.41) is 2.88. The molecule has 1 amide bonds. The predicted octanol–water partition coefficient (Wildman–Crippen LogP) is 3.13. The van der Waals surface area contributed by atoms with Crippen molar-refractivity contribution in [1.29, 1.82) is 0 Å². The highest BCUT2D eigenvalue weighted by molar-refractivity contribution is 7.89. The molecule has 0 aliphatic carbocycles. The molecule has 1 aliphatic heterocycles. The molecule has 186 valence electrons. The van der Waals surface area contributed by atoms with Gasteiger partial charge in [0.05, 0.1) is 26.2 Å². The largest absolute Gasteiger partial charge is 0.493 e. The average molecular weight is 492 g/mol. The molecule has 0 spiro atoms. The number of fused-ring (bicyclic) bond motifs is 1. The first-order valence-electron chi connectivity index (χ1n) is 11.3. The second kappa shape index (κ2) is 11.0. The molecule has 0 saturated carbocycles. The van der Waals surface area contributed by atoms with Crippen molar-refractivity contribution >= 4 is 27.3 Å². The highest BCUT2D eigenvalue weighted by atomic mass is 32.2. The van der Waals surface area contributed by atoms with E-state index in [0.29, 0.717) is 47.5 Å². The summed E-state index contributed by atoms with van der Waals surface area (Å²) in [4.78, 5) is 15.1. The van der Waals surface area contributed by atoms with Gasteiger partial charge in [-0.15, -0.1) is 0 Å². The number of sulfonamides is 1. The van der Waals surface area contributed by atoms with Crippen LogP contribution in [0.1, 0.15) is 25.8 Å². The predicted molar refractivity (Wildman–Crippen MR) is 132 cm³/mol. The fraction of sp³-hybridized carbons (Fsp3) is 0.458. The second-order valence-corrected chi connectivity index (χ2v) is 9.77. The monoisotopic (exact) mass is 491 g/mol. The Kier molecular flexibility index (Phi) is 8.27. The van der Waals surface area contributed by atoms with Gasteiger partial charge in [-0.25, -0.2) is 8.42 Å². The number of anilines is 2. The Morgan fingerprint density at radius 3 is 2.24 bits per heavy atom. The Hall–Kier alpha value is -2.98. The van der Waals surface area contributed by atoms with Crippen molar-refractivity contribution in [2.45, 2.75) is 31.6 Å². The zero-order chi connectivity index (χ0) is 24.9. The molecule has 0 saturated heterocycles. The molecule has 10 heteroatoms. The molecule has 3 rings (SSSR count). The standard InChI is InChI=1S/C24H33N3O6S/c1-6-27(7-2)34(29,30)19-8-9-20-17(14-19)10-12-26(20)13-11-23(28)25-18-15-21(31-3)24(33-5)22(16-18)32-4/h8-9,14-16H,6-7,10-13H2,1-5H3,(H,25,28). The van der Waals surface area contributed by atoms with Gasteiger partial charge in [-0.3, -0.25) is 4.79 Å². The first-order chi connectivity index (χ1) is 16.3. The Morgan fingerprint density at radius 2 is 1.68 bits per heavy atom. The van der Waals surface area contributed by atoms with E-state index < -0.39 is 10.0 Å². The van der Waals surface area contributed by atoms with Crippen molar-refractivity contribution in [3.63, 3.8) is 0 Å². The summed E-state index contributed by atoms with van der Waals surface area (Å²) < 4.78 is 43.1. The number of carbonyl (C=O) groups excluding carboxylic acids is 1. The van der Waals surface area contributed by atoms with Crippen molar-refractivity contribution in [3.8, 4) is 17.2 Å². The molecule has 0 aromatic heterocycles. The average Bonchev–Trinajstić information content (AvgIpc) is 3.25. The van der Waals surface area contributed by atoms with Crippen LogP contribution in [0.25, 0.3) is 0 Å². The summed E-state index contributed by atoms with van der Waals surface area (Å²) in [6.45, 7) is 5.79. The van der Waals surface area contributed by atoms with Crippen molar-refractivity contribution in [2.24, 2.45) is 0 Å². The zero-order valence-corrected chi connectivity index (χ0v) is 21.2. The summed E-state index contributed by atoms with van der Waals surface area (Å²) in [6.07, 6.45) is 1.01. The molecule has 2 aromatic rings. The fourth-order valence-corrected chi connectivity index (χ4v) is 5.67. The number of carbonyl (C=O) groups is 1. The van der Waals surface area contributed by atoms with Gasteiger partial charge in [-0.05, 0) is 30.2 Å². The van der Waals surface area contributed by atoms with Crippen molar-refractivity contribution in [1.82, 2.24) is 4.31 Å². The molecule has 34 heavy (non-hydrogen) atoms. The molecule has 1 N–H and O–H groups in total. The van der Waals surface area contributed by atoms with Gasteiger partial charge in [0, 0.05) is 56.1 Å². The number of hydrogen-bond acceptors (Lipinski definition) is 7. The number of hydrogen-bond donors (Lipinski definition) is 1. The minimum absolute atomic E-state index is 0.150. The van der Waals surface area contributed by atoms with Crippen LogP contribution >= 0.6 is 0 Å². The van der Waals surface area contributed by atoms with Crippen molar-refractivity contribution in [2.75, 3.05) is 57.7 Å². The van der Waals surface area contributed by atoms with Crippen LogP contribution in [-0.2, 0) is 21.2 Å². The first kappa shape index (κ1) is 25.6. The Labute approximate surface area is 201 Å². The van der Waals surface area contributed by atoms with Crippen LogP contribution < -0.4 is 24.4 Å². The summed E-state index contributed by atoms with van der Waals surface area (Å²) in [6, 6.07) is 8.63. The minimum atomic E-state index is -3.50. The maximum absolute atomic E-state index is 12.8. The summed E-state index contributed by atoms with van der Waals surface area (Å²) in [7, 11) is 1.07. The van der Waals surface area contributed by atoms with Gasteiger partial charge in [-0.1, -0.05) is 13.8 Å². The van der Waals surface area contributed by atoms with Gasteiger partial charge in [-0.2, -0.15) is 4.31 Å². The number of nitrogens with one attached hydrogen (secondary N) is 1. The third-order valence-electron chi connectivity index (χ3n) is 5.94. The van der Waals surface area contributed by atoms with Gasteiger partial charge in [0.2, 0.25) is 21.7 Å². The number of benzene rings is 2. The number of nitrogens with zero attached hydrogens (tertiary/aromatic N) is 2. The molecule has 0 radical (unpaired) electrons. The highest BCUT2D eigenvalue weighted by Gasteiger charge is 2.26. The van der Waals surface area contributed by atoms with Gasteiger partial charge in [0.15, 0.2) is 11.5 Å². The molecule has 1 heterocycles. The lowest BCUT2D eigenvalue weighted by Crippen LogP contribution is -2.30. The SMILES string of the molecule is CCN(CC)S(=O)(=O)c1ccc2c(c1)CCN2CCC(=O)Nc1cc(OC)c(OC)c(OC)c1. The van der Waals surface area contributed by atoms with Crippen molar-refractivity contribution < 1.29 is 27.4 Å². The topological polar surface area (TPSA) is 97.4 Å². The third kappa shape index (κ3) is 5.23. The lowest BCUT2D eigenvalue weighted by Gasteiger charge is -2.21. The van der Waals surface area contributed by atoms with E-state index in [1.165, 1.54) is 25.6 Å². The molecule has 0 fully saturated rings. The maximum Gasteiger partial charge on any atom is 0.243 e. The number of amides is 1. The van der Waals surface area contributed by atoms with Gasteiger partial charge < -0.3 is 24.4 Å². The van der Waals surface area contributed by atoms with E-state index in [-0.39, 0.29) is 12.3 Å². The highest BCUT2D eigenvalue weighted by Crippen LogP contribution is 2.40. The van der Waals surface area contributed by atoms with Crippen LogP contribution in [0.4, 0.5) is 11.4 Å². The normalized spacial score (nSPS) is 13.1. The molecule has 2 aromatic carbocycles. The first-order valence-corrected chi connectivity index (χ1v) is 12.7. The molecule has 9 nitrogen and oxygen atoms in total. The maximum atomic E-state index is 12.8. The third-order valence-corrected chi connectivity index (χ3v) is 7.99. The second-order valence-electron chi connectivity index (χ2n) is 7.83. The number of ether oxygens (including phenoxy) is 3. The van der Waals surface area contributed by atoms with Crippen LogP contribution in [-0.4, -0.2) is 66.1 Å². The van der Waals surface area contributed by atoms with Crippen LogP contribution in [0.3, 0.4) is 0 Å². The van der Waals surface area contributed by atoms with Gasteiger partial charge >= 0.3 is 0 Å². The van der Waals surface area contributed by atoms with Crippen LogP contribution in [0.15, 0.2) is 35.2 Å². The van der Waals surface area contributed by atoms with Crippen LogP contribution in [0, 0.1) is 0 Å². The lowest BCUT2D eigenvalue weighted by atomic mass is 10.2. The molecular formula is C24H33N3O6S. The van der Waals surface area contributed by atoms with E-state index in [1.807, 2.05) is 19.9 Å². The molecule has 1 aliphatic rings. The molecule has 0 atom stereocenters. The van der Waals surface area contributed by atoms with Gasteiger partial charge in [0.1, 0.15) is 0 Å². The van der Waals surface area contributed by atoms with E-state index in [2.05, 4.69) is 10.2 Å². The smallest absolute Gasteiger partial charge is 0.243 e. The minimum Gasteiger partial charge on any atom is -0.493 e. The van der Waals surface area contributed by atoms with E-state index in [1.54, 1.807) is 24.3 Å². The fourth-order valence-electron chi connectivity index (χ4n) is 4.17. The summed E-state index contributed by atoms with van der Waals surface area (Å²) in [5.41, 5.74) is 2.50. The Morgan fingerprint density at radius 1 is 1.03 bits per heavy atom. The zero-order valence-electron chi connectivity index (χ0n) is 20.4. The van der Waals surface area contributed by atoms with Crippen LogP contribution in [0.2, 0.25) is 0 Å².